The lowest BCUT2D eigenvalue weighted by atomic mass is 10.2. The predicted molar refractivity (Wildman–Crippen MR) is 74.3 cm³/mol. The second-order valence-electron chi connectivity index (χ2n) is 4.06. The van der Waals surface area contributed by atoms with E-state index in [4.69, 9.17) is 4.74 Å². The Morgan fingerprint density at radius 2 is 1.75 bits per heavy atom. The summed E-state index contributed by atoms with van der Waals surface area (Å²) in [5, 5.41) is 2.92. The topological polar surface area (TPSA) is 21.3 Å². The predicted octanol–water partition coefficient (Wildman–Crippen LogP) is 4.49. The van der Waals surface area contributed by atoms with Gasteiger partial charge in [0, 0.05) is 29.9 Å². The van der Waals surface area contributed by atoms with Gasteiger partial charge in [-0.25, -0.2) is 13.2 Å². The molecule has 0 aliphatic rings. The zero-order chi connectivity index (χ0) is 14.7. The summed E-state index contributed by atoms with van der Waals surface area (Å²) in [5.74, 6) is -2.45. The Kier molecular flexibility index (Phi) is 4.54. The van der Waals surface area contributed by atoms with Crippen LogP contribution in [0.4, 0.5) is 18.9 Å². The van der Waals surface area contributed by atoms with Gasteiger partial charge in [-0.15, -0.1) is 0 Å². The Balaban J connectivity index is 2.14. The lowest BCUT2D eigenvalue weighted by Crippen LogP contribution is -2.04. The maximum Gasteiger partial charge on any atom is 0.161 e. The van der Waals surface area contributed by atoms with Crippen LogP contribution in [0.1, 0.15) is 5.56 Å². The Morgan fingerprint density at radius 1 is 1.05 bits per heavy atom. The van der Waals surface area contributed by atoms with Crippen LogP contribution < -0.4 is 10.1 Å². The van der Waals surface area contributed by atoms with E-state index >= 15 is 0 Å². The summed E-state index contributed by atoms with van der Waals surface area (Å²) < 4.78 is 45.2. The third kappa shape index (κ3) is 3.25. The summed E-state index contributed by atoms with van der Waals surface area (Å²) in [5.41, 5.74) is 0.722. The molecule has 2 rings (SSSR count). The summed E-state index contributed by atoms with van der Waals surface area (Å²) in [6.07, 6.45) is 0. The molecule has 0 aliphatic heterocycles. The van der Waals surface area contributed by atoms with E-state index in [9.17, 15) is 13.2 Å². The molecular formula is C14H11BrF3NO. The lowest BCUT2D eigenvalue weighted by Gasteiger charge is -2.10. The second-order valence-corrected chi connectivity index (χ2v) is 4.91. The van der Waals surface area contributed by atoms with Crippen molar-refractivity contribution in [2.75, 3.05) is 12.4 Å². The van der Waals surface area contributed by atoms with E-state index < -0.39 is 17.5 Å². The first kappa shape index (κ1) is 14.7. The Morgan fingerprint density at radius 3 is 2.45 bits per heavy atom. The monoisotopic (exact) mass is 345 g/mol. The zero-order valence-electron chi connectivity index (χ0n) is 10.5. The number of ether oxygens (including phenoxy) is 1. The minimum atomic E-state index is -1.20. The van der Waals surface area contributed by atoms with E-state index in [0.717, 1.165) is 10.5 Å². The van der Waals surface area contributed by atoms with Gasteiger partial charge in [-0.3, -0.25) is 0 Å². The first-order chi connectivity index (χ1) is 9.51. The molecule has 2 aromatic rings. The van der Waals surface area contributed by atoms with E-state index in [2.05, 4.69) is 21.2 Å². The van der Waals surface area contributed by atoms with Crippen molar-refractivity contribution >= 4 is 21.6 Å². The number of halogens is 4. The molecule has 0 heterocycles. The molecule has 106 valence electrons. The third-order valence-corrected chi connectivity index (χ3v) is 3.38. The highest BCUT2D eigenvalue weighted by Crippen LogP contribution is 2.28. The molecule has 0 aromatic heterocycles. The molecule has 0 aliphatic carbocycles. The van der Waals surface area contributed by atoms with Crippen molar-refractivity contribution in [2.45, 2.75) is 6.54 Å². The first-order valence-corrected chi connectivity index (χ1v) is 6.51. The molecule has 0 unspecified atom stereocenters. The van der Waals surface area contributed by atoms with E-state index in [0.29, 0.717) is 17.5 Å². The Bertz CT molecular complexity index is 634. The molecule has 20 heavy (non-hydrogen) atoms. The molecular weight excluding hydrogens is 335 g/mol. The zero-order valence-corrected chi connectivity index (χ0v) is 12.1. The summed E-state index contributed by atoms with van der Waals surface area (Å²) in [7, 11) is 1.53. The fraction of sp³-hybridized carbons (Fsp3) is 0.143. The van der Waals surface area contributed by atoms with Crippen molar-refractivity contribution in [1.29, 1.82) is 0 Å². The molecule has 0 saturated heterocycles. The van der Waals surface area contributed by atoms with Gasteiger partial charge in [0.2, 0.25) is 0 Å². The van der Waals surface area contributed by atoms with Crippen LogP contribution in [0.25, 0.3) is 0 Å². The highest BCUT2D eigenvalue weighted by molar-refractivity contribution is 9.10. The molecule has 0 atom stereocenters. The van der Waals surface area contributed by atoms with E-state index in [-0.39, 0.29) is 12.1 Å². The van der Waals surface area contributed by atoms with Crippen LogP contribution in [-0.2, 0) is 6.54 Å². The molecule has 2 aromatic carbocycles. The Labute approximate surface area is 122 Å². The van der Waals surface area contributed by atoms with Gasteiger partial charge < -0.3 is 10.1 Å². The fourth-order valence-corrected chi connectivity index (χ4v) is 2.07. The SMILES string of the molecule is COc1cc(NCc2cc(F)c(F)cc2F)ccc1Br. The minimum Gasteiger partial charge on any atom is -0.495 e. The van der Waals surface area contributed by atoms with Crippen LogP contribution in [0.15, 0.2) is 34.8 Å². The van der Waals surface area contributed by atoms with Crippen molar-refractivity contribution in [3.63, 3.8) is 0 Å². The van der Waals surface area contributed by atoms with E-state index in [1.54, 1.807) is 18.2 Å². The lowest BCUT2D eigenvalue weighted by molar-refractivity contribution is 0.412. The number of hydrogen-bond acceptors (Lipinski definition) is 2. The second kappa shape index (κ2) is 6.17. The van der Waals surface area contributed by atoms with Crippen LogP contribution in [0, 0.1) is 17.5 Å². The van der Waals surface area contributed by atoms with Crippen LogP contribution in [0.3, 0.4) is 0 Å². The van der Waals surface area contributed by atoms with Crippen LogP contribution in [-0.4, -0.2) is 7.11 Å². The number of benzene rings is 2. The number of nitrogens with one attached hydrogen (secondary N) is 1. The van der Waals surface area contributed by atoms with Crippen molar-refractivity contribution in [3.05, 3.63) is 57.8 Å². The van der Waals surface area contributed by atoms with E-state index in [1.165, 1.54) is 7.11 Å². The molecule has 0 radical (unpaired) electrons. The summed E-state index contributed by atoms with van der Waals surface area (Å²) in [4.78, 5) is 0. The third-order valence-electron chi connectivity index (χ3n) is 2.72. The number of methoxy groups -OCH3 is 1. The highest BCUT2D eigenvalue weighted by atomic mass is 79.9. The average Bonchev–Trinajstić information content (AvgIpc) is 2.43. The molecule has 0 amide bonds. The van der Waals surface area contributed by atoms with Gasteiger partial charge in [-0.1, -0.05) is 0 Å². The van der Waals surface area contributed by atoms with Gasteiger partial charge in [0.15, 0.2) is 11.6 Å². The molecule has 0 spiro atoms. The fourth-order valence-electron chi connectivity index (χ4n) is 1.67. The van der Waals surface area contributed by atoms with Gasteiger partial charge in [0.1, 0.15) is 11.6 Å². The maximum absolute atomic E-state index is 13.5. The van der Waals surface area contributed by atoms with Gasteiger partial charge in [0.05, 0.1) is 11.6 Å². The van der Waals surface area contributed by atoms with Crippen molar-refractivity contribution in [3.8, 4) is 5.75 Å². The van der Waals surface area contributed by atoms with Gasteiger partial charge >= 0.3 is 0 Å². The number of rotatable bonds is 4. The highest BCUT2D eigenvalue weighted by Gasteiger charge is 2.10. The van der Waals surface area contributed by atoms with Gasteiger partial charge in [0.25, 0.3) is 0 Å². The number of hydrogen-bond donors (Lipinski definition) is 1. The van der Waals surface area contributed by atoms with E-state index in [1.807, 2.05) is 0 Å². The molecule has 2 nitrogen and oxygen atoms in total. The largest absolute Gasteiger partial charge is 0.495 e. The summed E-state index contributed by atoms with van der Waals surface area (Å²) >= 11 is 3.31. The smallest absolute Gasteiger partial charge is 0.161 e. The quantitative estimate of drug-likeness (QED) is 0.824. The molecule has 0 fully saturated rings. The van der Waals surface area contributed by atoms with Gasteiger partial charge in [-0.2, -0.15) is 0 Å². The van der Waals surface area contributed by atoms with Crippen LogP contribution in [0.2, 0.25) is 0 Å². The standard InChI is InChI=1S/C14H11BrF3NO/c1-20-14-5-9(2-3-10(14)15)19-7-8-4-12(17)13(18)6-11(8)16/h2-6,19H,7H2,1H3. The average molecular weight is 346 g/mol. The molecule has 6 heteroatoms. The molecule has 0 bridgehead atoms. The molecule has 0 saturated carbocycles. The minimum absolute atomic E-state index is 0.0355. The van der Waals surface area contributed by atoms with Crippen LogP contribution in [0.5, 0.6) is 5.75 Å². The van der Waals surface area contributed by atoms with Crippen molar-refractivity contribution in [2.24, 2.45) is 0 Å². The maximum atomic E-state index is 13.5. The summed E-state index contributed by atoms with van der Waals surface area (Å²) in [6.45, 7) is 0.0355. The van der Waals surface area contributed by atoms with Crippen molar-refractivity contribution < 1.29 is 17.9 Å². The van der Waals surface area contributed by atoms with Crippen LogP contribution >= 0.6 is 15.9 Å². The molecule has 1 N–H and O–H groups in total. The Hall–Kier alpha value is -1.69. The summed E-state index contributed by atoms with van der Waals surface area (Å²) in [6, 6.07) is 6.61. The normalized spacial score (nSPS) is 10.4. The van der Waals surface area contributed by atoms with Gasteiger partial charge in [-0.05, 0) is 34.1 Å². The number of anilines is 1. The first-order valence-electron chi connectivity index (χ1n) is 5.72. The van der Waals surface area contributed by atoms with Crippen molar-refractivity contribution in [1.82, 2.24) is 0 Å².